The number of azide groups is 1. The van der Waals surface area contributed by atoms with Crippen LogP contribution in [0.5, 0.6) is 5.75 Å². The number of methoxy groups -OCH3 is 1. The lowest BCUT2D eigenvalue weighted by atomic mass is 10.1. The van der Waals surface area contributed by atoms with Crippen molar-refractivity contribution >= 4 is 5.69 Å². The summed E-state index contributed by atoms with van der Waals surface area (Å²) in [4.78, 5) is 2.68. The van der Waals surface area contributed by atoms with Crippen LogP contribution < -0.4 is 4.74 Å². The number of ether oxygens (including phenoxy) is 1. The minimum absolute atomic E-state index is 0.290. The topological polar surface area (TPSA) is 81.8 Å². The molecule has 0 aromatic heterocycles. The minimum Gasteiger partial charge on any atom is -0.496 e. The Balaban J connectivity index is 3.14. The second kappa shape index (κ2) is 4.75. The van der Waals surface area contributed by atoms with Gasteiger partial charge in [-0.05, 0) is 23.2 Å². The average molecular weight is 188 g/mol. The smallest absolute Gasteiger partial charge is 0.128 e. The van der Waals surface area contributed by atoms with Crippen LogP contribution in [0.25, 0.3) is 10.4 Å². The Kier molecular flexibility index (Phi) is 3.36. The third-order valence-corrected chi connectivity index (χ3v) is 1.68. The molecule has 0 fully saturated rings. The summed E-state index contributed by atoms with van der Waals surface area (Å²) in [6.45, 7) is 0. The van der Waals surface area contributed by atoms with Gasteiger partial charge >= 0.3 is 0 Å². The zero-order valence-corrected chi connectivity index (χ0v) is 7.64. The quantitative estimate of drug-likeness (QED) is 0.415. The van der Waals surface area contributed by atoms with Gasteiger partial charge in [-0.2, -0.15) is 5.26 Å². The molecule has 1 rings (SSSR count). The van der Waals surface area contributed by atoms with Gasteiger partial charge in [-0.1, -0.05) is 11.2 Å². The van der Waals surface area contributed by atoms with E-state index in [-0.39, 0.29) is 6.42 Å². The van der Waals surface area contributed by atoms with Gasteiger partial charge in [0.05, 0.1) is 25.3 Å². The SMILES string of the molecule is COc1ccc(CC#N)cc1N=[N+]=[N-]. The molecule has 70 valence electrons. The first-order valence-electron chi connectivity index (χ1n) is 3.90. The first-order valence-corrected chi connectivity index (χ1v) is 3.90. The molecule has 0 amide bonds. The van der Waals surface area contributed by atoms with Gasteiger partial charge in [0, 0.05) is 4.91 Å². The molecule has 0 aliphatic carbocycles. The molecule has 1 aromatic carbocycles. The van der Waals surface area contributed by atoms with Crippen LogP contribution >= 0.6 is 0 Å². The molecule has 0 saturated carbocycles. The molecule has 0 bridgehead atoms. The molecule has 14 heavy (non-hydrogen) atoms. The van der Waals surface area contributed by atoms with Gasteiger partial charge in [-0.25, -0.2) is 0 Å². The summed E-state index contributed by atoms with van der Waals surface area (Å²) in [6.07, 6.45) is 0.290. The van der Waals surface area contributed by atoms with Crippen LogP contribution in [0, 0.1) is 11.3 Å². The molecule has 5 nitrogen and oxygen atoms in total. The summed E-state index contributed by atoms with van der Waals surface area (Å²) in [6, 6.07) is 7.10. The Hall–Kier alpha value is -2.18. The van der Waals surface area contributed by atoms with E-state index in [1.165, 1.54) is 7.11 Å². The molecular formula is C9H8N4O. The third kappa shape index (κ3) is 2.16. The Bertz CT molecular complexity index is 415. The van der Waals surface area contributed by atoms with Crippen molar-refractivity contribution in [1.29, 1.82) is 5.26 Å². The van der Waals surface area contributed by atoms with Crippen LogP contribution in [0.3, 0.4) is 0 Å². The number of hydrogen-bond acceptors (Lipinski definition) is 3. The fraction of sp³-hybridized carbons (Fsp3) is 0.222. The van der Waals surface area contributed by atoms with Crippen molar-refractivity contribution in [3.8, 4) is 11.8 Å². The van der Waals surface area contributed by atoms with Crippen LogP contribution in [0.1, 0.15) is 5.56 Å². The standard InChI is InChI=1S/C9H8N4O/c1-14-9-3-2-7(4-5-10)6-8(9)12-13-11/h2-3,6H,4H2,1H3. The summed E-state index contributed by atoms with van der Waals surface area (Å²) in [7, 11) is 1.50. The molecule has 0 heterocycles. The second-order valence-electron chi connectivity index (χ2n) is 2.53. The fourth-order valence-corrected chi connectivity index (χ4v) is 1.06. The molecule has 1 aromatic rings. The fourth-order valence-electron chi connectivity index (χ4n) is 1.06. The number of nitrogens with zero attached hydrogens (tertiary/aromatic N) is 4. The van der Waals surface area contributed by atoms with Crippen LogP contribution in [-0.4, -0.2) is 7.11 Å². The summed E-state index contributed by atoms with van der Waals surface area (Å²) in [5, 5.41) is 11.9. The van der Waals surface area contributed by atoms with E-state index in [0.717, 1.165) is 5.56 Å². The molecule has 0 saturated heterocycles. The van der Waals surface area contributed by atoms with Crippen LogP contribution in [0.4, 0.5) is 5.69 Å². The highest BCUT2D eigenvalue weighted by Gasteiger charge is 2.01. The van der Waals surface area contributed by atoms with E-state index in [1.54, 1.807) is 18.2 Å². The van der Waals surface area contributed by atoms with Gasteiger partial charge in [0.15, 0.2) is 0 Å². The van der Waals surface area contributed by atoms with Crippen LogP contribution in [0.2, 0.25) is 0 Å². The van der Waals surface area contributed by atoms with Gasteiger partial charge in [-0.15, -0.1) is 0 Å². The lowest BCUT2D eigenvalue weighted by Gasteiger charge is -2.04. The number of benzene rings is 1. The summed E-state index contributed by atoms with van der Waals surface area (Å²) in [5.74, 6) is 0.504. The summed E-state index contributed by atoms with van der Waals surface area (Å²) in [5.41, 5.74) is 9.51. The van der Waals surface area contributed by atoms with E-state index < -0.39 is 0 Å². The van der Waals surface area contributed by atoms with Gasteiger partial charge in [0.25, 0.3) is 0 Å². The van der Waals surface area contributed by atoms with Crippen molar-refractivity contribution in [1.82, 2.24) is 0 Å². The maximum atomic E-state index is 8.48. The van der Waals surface area contributed by atoms with E-state index >= 15 is 0 Å². The number of nitriles is 1. The van der Waals surface area contributed by atoms with Gasteiger partial charge < -0.3 is 4.74 Å². The first kappa shape index (κ1) is 9.90. The van der Waals surface area contributed by atoms with Crippen molar-refractivity contribution in [2.45, 2.75) is 6.42 Å². The van der Waals surface area contributed by atoms with Gasteiger partial charge in [0.1, 0.15) is 5.75 Å². The van der Waals surface area contributed by atoms with E-state index in [9.17, 15) is 0 Å². The molecule has 0 radical (unpaired) electrons. The largest absolute Gasteiger partial charge is 0.496 e. The molecule has 0 N–H and O–H groups in total. The molecule has 0 aliphatic heterocycles. The second-order valence-corrected chi connectivity index (χ2v) is 2.53. The van der Waals surface area contributed by atoms with Crippen molar-refractivity contribution in [2.24, 2.45) is 5.11 Å². The monoisotopic (exact) mass is 188 g/mol. The first-order chi connectivity index (χ1) is 6.81. The van der Waals surface area contributed by atoms with Crippen molar-refractivity contribution in [2.75, 3.05) is 7.11 Å². The molecule has 0 atom stereocenters. The molecule has 5 heteroatoms. The maximum Gasteiger partial charge on any atom is 0.128 e. The van der Waals surface area contributed by atoms with E-state index in [0.29, 0.717) is 11.4 Å². The normalized spacial score (nSPS) is 8.57. The molecule has 0 spiro atoms. The van der Waals surface area contributed by atoms with Crippen LogP contribution in [0.15, 0.2) is 23.3 Å². The Morgan fingerprint density at radius 3 is 3.00 bits per heavy atom. The average Bonchev–Trinajstić information content (AvgIpc) is 2.19. The highest BCUT2D eigenvalue weighted by atomic mass is 16.5. The van der Waals surface area contributed by atoms with Crippen molar-refractivity contribution < 1.29 is 4.74 Å². The van der Waals surface area contributed by atoms with E-state index in [4.69, 9.17) is 15.5 Å². The number of hydrogen-bond donors (Lipinski definition) is 0. The zero-order valence-electron chi connectivity index (χ0n) is 7.64. The van der Waals surface area contributed by atoms with E-state index in [2.05, 4.69) is 10.0 Å². The molecule has 0 aliphatic rings. The number of rotatable bonds is 3. The minimum atomic E-state index is 0.290. The summed E-state index contributed by atoms with van der Waals surface area (Å²) < 4.78 is 4.98. The third-order valence-electron chi connectivity index (χ3n) is 1.68. The lowest BCUT2D eigenvalue weighted by Crippen LogP contribution is -1.86. The molecular weight excluding hydrogens is 180 g/mol. The molecule has 0 unspecified atom stereocenters. The summed E-state index contributed by atoms with van der Waals surface area (Å²) >= 11 is 0. The highest BCUT2D eigenvalue weighted by molar-refractivity contribution is 5.53. The Morgan fingerprint density at radius 1 is 1.64 bits per heavy atom. The van der Waals surface area contributed by atoms with E-state index in [1.807, 2.05) is 6.07 Å². The van der Waals surface area contributed by atoms with Gasteiger partial charge in [0.2, 0.25) is 0 Å². The predicted molar refractivity (Wildman–Crippen MR) is 51.1 cm³/mol. The zero-order chi connectivity index (χ0) is 10.4. The van der Waals surface area contributed by atoms with Crippen molar-refractivity contribution in [3.63, 3.8) is 0 Å². The predicted octanol–water partition coefficient (Wildman–Crippen LogP) is 2.70. The van der Waals surface area contributed by atoms with Crippen molar-refractivity contribution in [3.05, 3.63) is 34.2 Å². The highest BCUT2D eigenvalue weighted by Crippen LogP contribution is 2.28. The van der Waals surface area contributed by atoms with Crippen LogP contribution in [-0.2, 0) is 6.42 Å². The lowest BCUT2D eigenvalue weighted by molar-refractivity contribution is 0.416. The van der Waals surface area contributed by atoms with Gasteiger partial charge in [-0.3, -0.25) is 0 Å². The Morgan fingerprint density at radius 2 is 2.43 bits per heavy atom. The maximum absolute atomic E-state index is 8.48. The Labute approximate surface area is 81.2 Å².